The molecule has 3 rings (SSSR count). The van der Waals surface area contributed by atoms with Gasteiger partial charge in [0.05, 0.1) is 6.54 Å². The van der Waals surface area contributed by atoms with Gasteiger partial charge in [-0.25, -0.2) is 0 Å². The lowest BCUT2D eigenvalue weighted by atomic mass is 10.3. The van der Waals surface area contributed by atoms with Crippen molar-refractivity contribution in [3.63, 3.8) is 0 Å². The van der Waals surface area contributed by atoms with E-state index in [9.17, 15) is 0 Å². The zero-order valence-corrected chi connectivity index (χ0v) is 9.15. The number of thiophene rings is 2. The first-order valence-electron chi connectivity index (χ1n) is 4.47. The molecule has 3 heterocycles. The van der Waals surface area contributed by atoms with Crippen LogP contribution >= 0.6 is 22.7 Å². The van der Waals surface area contributed by atoms with Gasteiger partial charge in [-0.1, -0.05) is 0 Å². The van der Waals surface area contributed by atoms with Crippen molar-refractivity contribution in [1.29, 1.82) is 0 Å². The average molecular weight is 219 g/mol. The van der Waals surface area contributed by atoms with Crippen LogP contribution in [0.4, 0.5) is 0 Å². The van der Waals surface area contributed by atoms with Crippen LogP contribution in [0.5, 0.6) is 0 Å². The van der Waals surface area contributed by atoms with Crippen molar-refractivity contribution in [3.05, 3.63) is 46.2 Å². The summed E-state index contributed by atoms with van der Waals surface area (Å²) in [6, 6.07) is 6.42. The van der Waals surface area contributed by atoms with Gasteiger partial charge in [0.25, 0.3) is 0 Å². The maximum absolute atomic E-state index is 2.29. The zero-order valence-electron chi connectivity index (χ0n) is 7.51. The molecule has 0 aliphatic heterocycles. The highest BCUT2D eigenvalue weighted by atomic mass is 32.1. The predicted molar refractivity (Wildman–Crippen MR) is 63.2 cm³/mol. The van der Waals surface area contributed by atoms with Crippen LogP contribution in [0.15, 0.2) is 41.4 Å². The van der Waals surface area contributed by atoms with E-state index in [0.717, 1.165) is 6.54 Å². The first-order chi connectivity index (χ1) is 6.92. The SMILES string of the molecule is c1ccn(Cc2cc3cscc3s2)c1. The maximum Gasteiger partial charge on any atom is 0.0563 e. The smallest absolute Gasteiger partial charge is 0.0563 e. The van der Waals surface area contributed by atoms with Crippen molar-refractivity contribution in [2.45, 2.75) is 6.54 Å². The van der Waals surface area contributed by atoms with E-state index < -0.39 is 0 Å². The molecule has 0 N–H and O–H groups in total. The third-order valence-corrected chi connectivity index (χ3v) is 4.21. The lowest BCUT2D eigenvalue weighted by Gasteiger charge is -1.97. The number of nitrogens with zero attached hydrogens (tertiary/aromatic N) is 1. The number of rotatable bonds is 2. The van der Waals surface area contributed by atoms with E-state index in [2.05, 4.69) is 45.9 Å². The summed E-state index contributed by atoms with van der Waals surface area (Å²) in [7, 11) is 0. The number of hydrogen-bond acceptors (Lipinski definition) is 2. The highest BCUT2D eigenvalue weighted by Crippen LogP contribution is 2.29. The molecule has 0 radical (unpaired) electrons. The molecule has 0 atom stereocenters. The molecule has 0 aromatic carbocycles. The van der Waals surface area contributed by atoms with E-state index in [1.54, 1.807) is 11.3 Å². The van der Waals surface area contributed by atoms with Crippen molar-refractivity contribution in [1.82, 2.24) is 4.57 Å². The Morgan fingerprint density at radius 3 is 2.79 bits per heavy atom. The molecule has 0 unspecified atom stereocenters. The van der Waals surface area contributed by atoms with Crippen molar-refractivity contribution < 1.29 is 0 Å². The lowest BCUT2D eigenvalue weighted by Crippen LogP contribution is -1.92. The highest BCUT2D eigenvalue weighted by molar-refractivity contribution is 7.22. The fraction of sp³-hybridized carbons (Fsp3) is 0.0909. The second kappa shape index (κ2) is 3.26. The summed E-state index contributed by atoms with van der Waals surface area (Å²) < 4.78 is 3.62. The van der Waals surface area contributed by atoms with Gasteiger partial charge in [0.1, 0.15) is 0 Å². The van der Waals surface area contributed by atoms with E-state index in [0.29, 0.717) is 0 Å². The number of hydrogen-bond donors (Lipinski definition) is 0. The van der Waals surface area contributed by atoms with Gasteiger partial charge in [-0.05, 0) is 23.6 Å². The summed E-state index contributed by atoms with van der Waals surface area (Å²) in [5.41, 5.74) is 0. The van der Waals surface area contributed by atoms with Crippen LogP contribution < -0.4 is 0 Å². The molecule has 0 bridgehead atoms. The van der Waals surface area contributed by atoms with Crippen LogP contribution in [0, 0.1) is 0 Å². The minimum atomic E-state index is 0.997. The van der Waals surface area contributed by atoms with Gasteiger partial charge in [0.2, 0.25) is 0 Å². The van der Waals surface area contributed by atoms with Gasteiger partial charge in [-0.15, -0.1) is 11.3 Å². The fourth-order valence-electron chi connectivity index (χ4n) is 1.56. The Kier molecular flexibility index (Phi) is 1.92. The Morgan fingerprint density at radius 2 is 2.00 bits per heavy atom. The molecule has 0 aliphatic carbocycles. The molecule has 0 spiro atoms. The average Bonchev–Trinajstić information content (AvgIpc) is 2.78. The lowest BCUT2D eigenvalue weighted by molar-refractivity contribution is 0.820. The molecule has 0 fully saturated rings. The highest BCUT2D eigenvalue weighted by Gasteiger charge is 2.02. The first kappa shape index (κ1) is 8.26. The maximum atomic E-state index is 2.29. The predicted octanol–water partition coefficient (Wildman–Crippen LogP) is 3.81. The summed E-state index contributed by atoms with van der Waals surface area (Å²) in [5, 5.41) is 5.83. The van der Waals surface area contributed by atoms with Gasteiger partial charge in [0, 0.05) is 32.7 Å². The second-order valence-electron chi connectivity index (χ2n) is 3.26. The molecule has 70 valence electrons. The summed E-state index contributed by atoms with van der Waals surface area (Å²) in [5.74, 6) is 0. The Labute approximate surface area is 90.2 Å². The van der Waals surface area contributed by atoms with Crippen LogP contribution in [0.1, 0.15) is 4.88 Å². The van der Waals surface area contributed by atoms with Crippen molar-refractivity contribution >= 4 is 32.8 Å². The number of aromatic nitrogens is 1. The standard InChI is InChI=1S/C11H9NS2/c1-2-4-12(3-1)6-10-5-9-7-13-8-11(9)14-10/h1-5,7-8H,6H2. The van der Waals surface area contributed by atoms with E-state index in [1.807, 2.05) is 11.3 Å². The van der Waals surface area contributed by atoms with E-state index in [4.69, 9.17) is 0 Å². The van der Waals surface area contributed by atoms with Crippen LogP contribution in [-0.2, 0) is 6.54 Å². The molecule has 3 heteroatoms. The van der Waals surface area contributed by atoms with Crippen LogP contribution in [0.25, 0.3) is 10.1 Å². The Balaban J connectivity index is 1.95. The van der Waals surface area contributed by atoms with Crippen LogP contribution in [-0.4, -0.2) is 4.57 Å². The summed E-state index contributed by atoms with van der Waals surface area (Å²) >= 11 is 3.67. The van der Waals surface area contributed by atoms with E-state index in [1.165, 1.54) is 15.0 Å². The van der Waals surface area contributed by atoms with Crippen molar-refractivity contribution in [2.75, 3.05) is 0 Å². The van der Waals surface area contributed by atoms with Crippen LogP contribution in [0.2, 0.25) is 0 Å². The molecule has 0 amide bonds. The minimum absolute atomic E-state index is 0.997. The first-order valence-corrected chi connectivity index (χ1v) is 6.23. The zero-order chi connectivity index (χ0) is 9.38. The summed E-state index contributed by atoms with van der Waals surface area (Å²) in [4.78, 5) is 1.43. The molecular weight excluding hydrogens is 210 g/mol. The molecule has 3 aromatic rings. The molecule has 14 heavy (non-hydrogen) atoms. The van der Waals surface area contributed by atoms with Crippen molar-refractivity contribution in [2.24, 2.45) is 0 Å². The van der Waals surface area contributed by atoms with Gasteiger partial charge >= 0.3 is 0 Å². The van der Waals surface area contributed by atoms with Gasteiger partial charge in [-0.3, -0.25) is 0 Å². The minimum Gasteiger partial charge on any atom is -0.349 e. The second-order valence-corrected chi connectivity index (χ2v) is 5.17. The monoisotopic (exact) mass is 219 g/mol. The Hall–Kier alpha value is -1.06. The summed E-state index contributed by atoms with van der Waals surface area (Å²) in [6.45, 7) is 0.997. The third kappa shape index (κ3) is 1.38. The Bertz CT molecular complexity index is 502. The van der Waals surface area contributed by atoms with Gasteiger partial charge < -0.3 is 4.57 Å². The topological polar surface area (TPSA) is 4.93 Å². The van der Waals surface area contributed by atoms with Crippen LogP contribution in [0.3, 0.4) is 0 Å². The normalized spacial score (nSPS) is 11.1. The third-order valence-electron chi connectivity index (χ3n) is 2.22. The van der Waals surface area contributed by atoms with Gasteiger partial charge in [0.15, 0.2) is 0 Å². The van der Waals surface area contributed by atoms with Crippen molar-refractivity contribution in [3.8, 4) is 0 Å². The largest absolute Gasteiger partial charge is 0.349 e. The summed E-state index contributed by atoms with van der Waals surface area (Å²) in [6.07, 6.45) is 4.21. The fourth-order valence-corrected chi connectivity index (χ4v) is 3.58. The molecule has 0 saturated carbocycles. The van der Waals surface area contributed by atoms with Gasteiger partial charge in [-0.2, -0.15) is 11.3 Å². The van der Waals surface area contributed by atoms with E-state index >= 15 is 0 Å². The Morgan fingerprint density at radius 1 is 1.14 bits per heavy atom. The number of fused-ring (bicyclic) bond motifs is 1. The molecule has 0 saturated heterocycles. The molecule has 1 nitrogen and oxygen atoms in total. The molecular formula is C11H9NS2. The quantitative estimate of drug-likeness (QED) is 0.617. The molecule has 0 aliphatic rings. The molecule has 3 aromatic heterocycles. The van der Waals surface area contributed by atoms with E-state index in [-0.39, 0.29) is 0 Å².